The molecule has 2 rings (SSSR count). The Morgan fingerprint density at radius 3 is 2.84 bits per heavy atom. The number of rotatable bonds is 4. The van der Waals surface area contributed by atoms with E-state index in [1.807, 2.05) is 31.2 Å². The zero-order valence-corrected chi connectivity index (χ0v) is 12.0. The molecule has 1 fully saturated rings. The van der Waals surface area contributed by atoms with Crippen LogP contribution in [0.3, 0.4) is 0 Å². The molecule has 1 aromatic carbocycles. The van der Waals surface area contributed by atoms with Gasteiger partial charge in [-0.2, -0.15) is 0 Å². The molecule has 3 atom stereocenters. The van der Waals surface area contributed by atoms with E-state index in [4.69, 9.17) is 17.3 Å². The van der Waals surface area contributed by atoms with Gasteiger partial charge < -0.3 is 11.1 Å². The average molecular weight is 281 g/mol. The number of hydrogen-bond donors (Lipinski definition) is 2. The number of carbonyl (C=O) groups is 1. The Labute approximate surface area is 119 Å². The van der Waals surface area contributed by atoms with Crippen LogP contribution in [0.15, 0.2) is 24.3 Å². The van der Waals surface area contributed by atoms with Crippen LogP contribution in [-0.2, 0) is 4.79 Å². The van der Waals surface area contributed by atoms with Crippen molar-refractivity contribution in [2.45, 2.75) is 44.7 Å². The lowest BCUT2D eigenvalue weighted by Gasteiger charge is -2.19. The summed E-state index contributed by atoms with van der Waals surface area (Å²) in [6.07, 6.45) is 3.77. The van der Waals surface area contributed by atoms with Gasteiger partial charge in [0.05, 0.1) is 6.04 Å². The molecule has 0 heterocycles. The minimum absolute atomic E-state index is 0.0646. The van der Waals surface area contributed by atoms with E-state index in [0.717, 1.165) is 24.8 Å². The van der Waals surface area contributed by atoms with Gasteiger partial charge in [0.25, 0.3) is 0 Å². The van der Waals surface area contributed by atoms with Gasteiger partial charge in [0.15, 0.2) is 0 Å². The molecule has 1 aliphatic carbocycles. The van der Waals surface area contributed by atoms with Crippen LogP contribution in [0.5, 0.6) is 0 Å². The van der Waals surface area contributed by atoms with E-state index in [9.17, 15) is 4.79 Å². The van der Waals surface area contributed by atoms with Crippen LogP contribution in [0.25, 0.3) is 0 Å². The van der Waals surface area contributed by atoms with Gasteiger partial charge in [0.1, 0.15) is 0 Å². The number of nitrogens with two attached hydrogens (primary N) is 1. The molecule has 1 aliphatic rings. The monoisotopic (exact) mass is 280 g/mol. The third kappa shape index (κ3) is 3.71. The van der Waals surface area contributed by atoms with Gasteiger partial charge >= 0.3 is 0 Å². The highest BCUT2D eigenvalue weighted by atomic mass is 35.5. The molecule has 1 amide bonds. The molecule has 0 saturated heterocycles. The first-order valence-corrected chi connectivity index (χ1v) is 7.25. The first kappa shape index (κ1) is 14.4. The Morgan fingerprint density at radius 1 is 1.47 bits per heavy atom. The van der Waals surface area contributed by atoms with E-state index in [1.54, 1.807) is 0 Å². The minimum Gasteiger partial charge on any atom is -0.350 e. The van der Waals surface area contributed by atoms with Crippen LogP contribution >= 0.6 is 11.6 Å². The van der Waals surface area contributed by atoms with Gasteiger partial charge in [-0.05, 0) is 37.3 Å². The molecule has 1 aromatic rings. The van der Waals surface area contributed by atoms with Crippen molar-refractivity contribution in [3.05, 3.63) is 34.9 Å². The van der Waals surface area contributed by atoms with Crippen LogP contribution in [0.2, 0.25) is 5.02 Å². The lowest BCUT2D eigenvalue weighted by Crippen LogP contribution is -2.32. The van der Waals surface area contributed by atoms with Crippen LogP contribution < -0.4 is 11.1 Å². The third-order valence-electron chi connectivity index (χ3n) is 3.91. The highest BCUT2D eigenvalue weighted by Gasteiger charge is 2.26. The fourth-order valence-electron chi connectivity index (χ4n) is 2.76. The average Bonchev–Trinajstić information content (AvgIpc) is 2.75. The summed E-state index contributed by atoms with van der Waals surface area (Å²) in [6, 6.07) is 7.70. The maximum Gasteiger partial charge on any atom is 0.220 e. The molecule has 3 nitrogen and oxygen atoms in total. The maximum atomic E-state index is 12.0. The van der Waals surface area contributed by atoms with Crippen LogP contribution in [0.1, 0.15) is 44.2 Å². The second-order valence-corrected chi connectivity index (χ2v) is 5.78. The van der Waals surface area contributed by atoms with Crippen LogP contribution in [-0.4, -0.2) is 11.9 Å². The molecule has 0 spiro atoms. The van der Waals surface area contributed by atoms with Crippen molar-refractivity contribution in [2.24, 2.45) is 11.7 Å². The molecule has 0 aliphatic heterocycles. The van der Waals surface area contributed by atoms with Gasteiger partial charge in [-0.25, -0.2) is 0 Å². The van der Waals surface area contributed by atoms with E-state index in [2.05, 4.69) is 5.32 Å². The summed E-state index contributed by atoms with van der Waals surface area (Å²) < 4.78 is 0. The first-order chi connectivity index (χ1) is 9.08. The predicted molar refractivity (Wildman–Crippen MR) is 77.9 cm³/mol. The topological polar surface area (TPSA) is 55.1 Å². The van der Waals surface area contributed by atoms with Crippen molar-refractivity contribution in [1.82, 2.24) is 5.32 Å². The molecule has 0 radical (unpaired) electrons. The van der Waals surface area contributed by atoms with Crippen molar-refractivity contribution < 1.29 is 4.79 Å². The summed E-state index contributed by atoms with van der Waals surface area (Å²) in [6.45, 7) is 1.95. The summed E-state index contributed by atoms with van der Waals surface area (Å²) in [5.74, 6) is 0.396. The highest BCUT2D eigenvalue weighted by molar-refractivity contribution is 6.31. The molecule has 0 aromatic heterocycles. The second kappa shape index (κ2) is 6.40. The predicted octanol–water partition coefficient (Wildman–Crippen LogP) is 3.03. The van der Waals surface area contributed by atoms with Gasteiger partial charge in [0.2, 0.25) is 5.91 Å². The lowest BCUT2D eigenvalue weighted by molar-refractivity contribution is -0.122. The normalized spacial score (nSPS) is 24.2. The van der Waals surface area contributed by atoms with Crippen molar-refractivity contribution in [1.29, 1.82) is 0 Å². The highest BCUT2D eigenvalue weighted by Crippen LogP contribution is 2.27. The van der Waals surface area contributed by atoms with Crippen molar-refractivity contribution in [2.75, 3.05) is 0 Å². The standard InChI is InChI=1S/C15H21ClN2O/c1-10(12-6-2-3-7-13(12)16)18-15(19)9-11-5-4-8-14(11)17/h2-3,6-7,10-11,14H,4-5,8-9,17H2,1H3,(H,18,19)/t10?,11-,14+/m0/s1. The molecule has 3 N–H and O–H groups in total. The maximum absolute atomic E-state index is 12.0. The second-order valence-electron chi connectivity index (χ2n) is 5.37. The molecule has 104 valence electrons. The quantitative estimate of drug-likeness (QED) is 0.891. The first-order valence-electron chi connectivity index (χ1n) is 6.87. The zero-order valence-electron chi connectivity index (χ0n) is 11.2. The smallest absolute Gasteiger partial charge is 0.220 e. The molecule has 1 unspecified atom stereocenters. The van der Waals surface area contributed by atoms with Crippen molar-refractivity contribution in [3.63, 3.8) is 0 Å². The molecule has 4 heteroatoms. The molecule has 0 bridgehead atoms. The Hall–Kier alpha value is -1.06. The molecular formula is C15H21ClN2O. The fourth-order valence-corrected chi connectivity index (χ4v) is 3.06. The van der Waals surface area contributed by atoms with E-state index in [-0.39, 0.29) is 18.0 Å². The molecule has 1 saturated carbocycles. The van der Waals surface area contributed by atoms with Gasteiger partial charge in [-0.1, -0.05) is 36.2 Å². The molecule has 19 heavy (non-hydrogen) atoms. The number of nitrogens with one attached hydrogen (secondary N) is 1. The summed E-state index contributed by atoms with van der Waals surface area (Å²) in [4.78, 5) is 12.0. The van der Waals surface area contributed by atoms with Gasteiger partial charge in [-0.3, -0.25) is 4.79 Å². The van der Waals surface area contributed by atoms with Crippen LogP contribution in [0.4, 0.5) is 0 Å². The van der Waals surface area contributed by atoms with E-state index in [1.165, 1.54) is 0 Å². The summed E-state index contributed by atoms with van der Waals surface area (Å²) in [7, 11) is 0. The fraction of sp³-hybridized carbons (Fsp3) is 0.533. The Bertz CT molecular complexity index is 450. The number of benzene rings is 1. The Kier molecular flexibility index (Phi) is 4.83. The molecular weight excluding hydrogens is 260 g/mol. The van der Waals surface area contributed by atoms with E-state index in [0.29, 0.717) is 17.4 Å². The van der Waals surface area contributed by atoms with E-state index < -0.39 is 0 Å². The number of hydrogen-bond acceptors (Lipinski definition) is 2. The zero-order chi connectivity index (χ0) is 13.8. The largest absolute Gasteiger partial charge is 0.350 e. The third-order valence-corrected chi connectivity index (χ3v) is 4.26. The van der Waals surface area contributed by atoms with Gasteiger partial charge in [0, 0.05) is 17.5 Å². The van der Waals surface area contributed by atoms with E-state index >= 15 is 0 Å². The van der Waals surface area contributed by atoms with Crippen molar-refractivity contribution in [3.8, 4) is 0 Å². The number of amides is 1. The Morgan fingerprint density at radius 2 is 2.21 bits per heavy atom. The SMILES string of the molecule is CC(NC(=O)C[C@@H]1CCC[C@H]1N)c1ccccc1Cl. The summed E-state index contributed by atoms with van der Waals surface area (Å²) >= 11 is 6.12. The number of carbonyl (C=O) groups excluding carboxylic acids is 1. The summed E-state index contributed by atoms with van der Waals surface area (Å²) in [5.41, 5.74) is 6.94. The summed E-state index contributed by atoms with van der Waals surface area (Å²) in [5, 5.41) is 3.69. The lowest BCUT2D eigenvalue weighted by atomic mass is 9.99. The van der Waals surface area contributed by atoms with Crippen LogP contribution in [0, 0.1) is 5.92 Å². The van der Waals surface area contributed by atoms with Gasteiger partial charge in [-0.15, -0.1) is 0 Å². The number of halogens is 1. The van der Waals surface area contributed by atoms with Crippen molar-refractivity contribution >= 4 is 17.5 Å². The minimum atomic E-state index is -0.0705. The Balaban J connectivity index is 1.90.